The van der Waals surface area contributed by atoms with Gasteiger partial charge in [-0.05, 0) is 41.8 Å². The summed E-state index contributed by atoms with van der Waals surface area (Å²) < 4.78 is 20.6. The van der Waals surface area contributed by atoms with Crippen molar-refractivity contribution in [2.24, 2.45) is 0 Å². The molecule has 4 atom stereocenters. The normalized spacial score (nSPS) is 14.1. The van der Waals surface area contributed by atoms with Crippen LogP contribution in [-0.2, 0) is 18.9 Å². The minimum absolute atomic E-state index is 0. The predicted molar refractivity (Wildman–Crippen MR) is 128 cm³/mol. The van der Waals surface area contributed by atoms with Crippen molar-refractivity contribution in [2.75, 3.05) is 68.7 Å². The van der Waals surface area contributed by atoms with Crippen molar-refractivity contribution in [1.82, 2.24) is 9.80 Å². The van der Waals surface area contributed by atoms with Gasteiger partial charge in [0.15, 0.2) is 0 Å². The van der Waals surface area contributed by atoms with Crippen LogP contribution in [0.3, 0.4) is 0 Å². The standard InChI is InChI=1S/2C9H21NO2.4CH4/c2*1-8(11-4)6-10(3)7-9(2)12-5;;;;/h2*8-9H,6-7H2,1-5H3;4*1H4. The molecule has 0 aliphatic rings. The van der Waals surface area contributed by atoms with Crippen LogP contribution in [0.5, 0.6) is 0 Å². The molecule has 0 aliphatic carbocycles. The minimum atomic E-state index is 0. The maximum atomic E-state index is 5.15. The van der Waals surface area contributed by atoms with E-state index in [1.54, 1.807) is 28.4 Å². The molecule has 0 fully saturated rings. The van der Waals surface area contributed by atoms with Gasteiger partial charge < -0.3 is 28.7 Å². The van der Waals surface area contributed by atoms with E-state index in [0.29, 0.717) is 24.4 Å². The zero-order valence-corrected chi connectivity index (χ0v) is 17.7. The van der Waals surface area contributed by atoms with Gasteiger partial charge in [-0.25, -0.2) is 0 Å². The third-order valence-electron chi connectivity index (χ3n) is 3.88. The van der Waals surface area contributed by atoms with Crippen LogP contribution < -0.4 is 0 Å². The lowest BCUT2D eigenvalue weighted by molar-refractivity contribution is 0.0502. The largest absolute Gasteiger partial charge is 0.380 e. The molecule has 0 saturated carbocycles. The maximum absolute atomic E-state index is 5.15. The summed E-state index contributed by atoms with van der Waals surface area (Å²) in [5.74, 6) is 0. The first-order valence-electron chi connectivity index (χ1n) is 8.68. The highest BCUT2D eigenvalue weighted by atomic mass is 16.5. The van der Waals surface area contributed by atoms with Crippen molar-refractivity contribution in [3.8, 4) is 0 Å². The van der Waals surface area contributed by atoms with Crippen LogP contribution in [-0.4, -0.2) is 103 Å². The molecule has 0 amide bonds. The van der Waals surface area contributed by atoms with E-state index in [0.717, 1.165) is 26.2 Å². The Kier molecular flexibility index (Phi) is 40.1. The first kappa shape index (κ1) is 42.0. The number of rotatable bonds is 12. The molecule has 0 aromatic heterocycles. The van der Waals surface area contributed by atoms with Crippen molar-refractivity contribution in [2.45, 2.75) is 81.8 Å². The van der Waals surface area contributed by atoms with Crippen LogP contribution in [0.1, 0.15) is 57.4 Å². The van der Waals surface area contributed by atoms with Gasteiger partial charge in [-0.3, -0.25) is 0 Å². The van der Waals surface area contributed by atoms with Crippen molar-refractivity contribution in [3.05, 3.63) is 0 Å². The summed E-state index contributed by atoms with van der Waals surface area (Å²) in [6, 6.07) is 0. The minimum Gasteiger partial charge on any atom is -0.380 e. The highest BCUT2D eigenvalue weighted by Crippen LogP contribution is 1.97. The summed E-state index contributed by atoms with van der Waals surface area (Å²) >= 11 is 0. The Balaban J connectivity index is -0.0000000756. The van der Waals surface area contributed by atoms with Crippen molar-refractivity contribution < 1.29 is 18.9 Å². The second-order valence-electron chi connectivity index (χ2n) is 6.63. The molecule has 0 aliphatic heterocycles. The van der Waals surface area contributed by atoms with Gasteiger partial charge in [-0.1, -0.05) is 29.7 Å². The fourth-order valence-corrected chi connectivity index (χ4v) is 2.20. The van der Waals surface area contributed by atoms with Crippen LogP contribution in [0, 0.1) is 0 Å². The van der Waals surface area contributed by atoms with E-state index >= 15 is 0 Å². The van der Waals surface area contributed by atoms with Gasteiger partial charge in [0.2, 0.25) is 0 Å². The van der Waals surface area contributed by atoms with Crippen molar-refractivity contribution >= 4 is 0 Å². The smallest absolute Gasteiger partial charge is 0.0670 e. The molecule has 0 radical (unpaired) electrons. The fourth-order valence-electron chi connectivity index (χ4n) is 2.20. The van der Waals surface area contributed by atoms with Crippen LogP contribution in [0.25, 0.3) is 0 Å². The third kappa shape index (κ3) is 28.0. The molecule has 0 saturated heterocycles. The van der Waals surface area contributed by atoms with E-state index in [4.69, 9.17) is 18.9 Å². The van der Waals surface area contributed by atoms with Crippen LogP contribution in [0.15, 0.2) is 0 Å². The summed E-state index contributed by atoms with van der Waals surface area (Å²) in [6.45, 7) is 12.0. The van der Waals surface area contributed by atoms with E-state index in [1.165, 1.54) is 0 Å². The Labute approximate surface area is 179 Å². The first-order chi connectivity index (χ1) is 11.2. The topological polar surface area (TPSA) is 43.4 Å². The van der Waals surface area contributed by atoms with Crippen LogP contribution in [0.4, 0.5) is 0 Å². The van der Waals surface area contributed by atoms with Crippen molar-refractivity contribution in [3.63, 3.8) is 0 Å². The highest BCUT2D eigenvalue weighted by Gasteiger charge is 2.08. The number of methoxy groups -OCH3 is 4. The zero-order valence-electron chi connectivity index (χ0n) is 17.7. The number of hydrogen-bond acceptors (Lipinski definition) is 6. The monoisotopic (exact) mass is 414 g/mol. The molecule has 0 heterocycles. The van der Waals surface area contributed by atoms with E-state index in [-0.39, 0.29) is 29.7 Å². The van der Waals surface area contributed by atoms with Gasteiger partial charge in [0.05, 0.1) is 24.4 Å². The number of hydrogen-bond donors (Lipinski definition) is 0. The van der Waals surface area contributed by atoms with E-state index in [1.807, 2.05) is 0 Å². The predicted octanol–water partition coefficient (Wildman–Crippen LogP) is 4.52. The average molecular weight is 415 g/mol. The lowest BCUT2D eigenvalue weighted by Crippen LogP contribution is -2.34. The fraction of sp³-hybridized carbons (Fsp3) is 1.00. The number of likely N-dealkylation sites (N-methyl/N-ethyl adjacent to an activating group) is 2. The van der Waals surface area contributed by atoms with Gasteiger partial charge in [-0.15, -0.1) is 0 Å². The second kappa shape index (κ2) is 26.8. The molecule has 180 valence electrons. The second-order valence-corrected chi connectivity index (χ2v) is 6.63. The van der Waals surface area contributed by atoms with E-state index in [2.05, 4.69) is 51.6 Å². The van der Waals surface area contributed by atoms with Gasteiger partial charge in [-0.2, -0.15) is 0 Å². The molecule has 0 rings (SSSR count). The van der Waals surface area contributed by atoms with Gasteiger partial charge in [0, 0.05) is 54.6 Å². The third-order valence-corrected chi connectivity index (χ3v) is 3.88. The quantitative estimate of drug-likeness (QED) is 0.468. The molecule has 6 nitrogen and oxygen atoms in total. The lowest BCUT2D eigenvalue weighted by Gasteiger charge is -2.22. The molecule has 0 aromatic carbocycles. The molecule has 4 unspecified atom stereocenters. The average Bonchev–Trinajstić information content (AvgIpc) is 2.54. The van der Waals surface area contributed by atoms with E-state index < -0.39 is 0 Å². The zero-order chi connectivity index (χ0) is 19.1. The summed E-state index contributed by atoms with van der Waals surface area (Å²) in [6.07, 6.45) is 1.16. The maximum Gasteiger partial charge on any atom is 0.0670 e. The number of ether oxygens (including phenoxy) is 4. The Hall–Kier alpha value is -0.240. The highest BCUT2D eigenvalue weighted by molar-refractivity contribution is 4.62. The summed E-state index contributed by atoms with van der Waals surface area (Å²) in [7, 11) is 11.1. The summed E-state index contributed by atoms with van der Waals surface area (Å²) in [4.78, 5) is 4.42. The molecule has 6 heteroatoms. The van der Waals surface area contributed by atoms with Crippen LogP contribution >= 0.6 is 0 Å². The molecular formula is C22H58N2O4. The molecule has 0 bridgehead atoms. The van der Waals surface area contributed by atoms with Crippen LogP contribution in [0.2, 0.25) is 0 Å². The van der Waals surface area contributed by atoms with E-state index in [9.17, 15) is 0 Å². The summed E-state index contributed by atoms with van der Waals surface area (Å²) in [5.41, 5.74) is 0. The first-order valence-corrected chi connectivity index (χ1v) is 8.68. The Morgan fingerprint density at radius 2 is 0.607 bits per heavy atom. The van der Waals surface area contributed by atoms with Gasteiger partial charge in [0.1, 0.15) is 0 Å². The lowest BCUT2D eigenvalue weighted by atomic mass is 10.3. The molecular weight excluding hydrogens is 356 g/mol. The Bertz CT molecular complexity index is 221. The Morgan fingerprint density at radius 1 is 0.464 bits per heavy atom. The van der Waals surface area contributed by atoms with Gasteiger partial charge in [0.25, 0.3) is 0 Å². The van der Waals surface area contributed by atoms with Gasteiger partial charge >= 0.3 is 0 Å². The molecule has 0 spiro atoms. The molecule has 0 N–H and O–H groups in total. The SMILES string of the molecule is C.C.C.C.COC(C)CN(C)CC(C)OC.COC(C)CN(C)CC(C)OC. The molecule has 28 heavy (non-hydrogen) atoms. The molecule has 0 aromatic rings. The summed E-state index contributed by atoms with van der Waals surface area (Å²) in [5, 5.41) is 0. The Morgan fingerprint density at radius 3 is 0.714 bits per heavy atom. The number of nitrogens with zero attached hydrogens (tertiary/aromatic N) is 2. The van der Waals surface area contributed by atoms with Crippen molar-refractivity contribution in [1.29, 1.82) is 0 Å².